The van der Waals surface area contributed by atoms with E-state index in [1.807, 2.05) is 13.8 Å². The van der Waals surface area contributed by atoms with E-state index in [4.69, 9.17) is 9.15 Å². The van der Waals surface area contributed by atoms with Crippen molar-refractivity contribution in [2.24, 2.45) is 0 Å². The third-order valence-electron chi connectivity index (χ3n) is 5.28. The highest BCUT2D eigenvalue weighted by Crippen LogP contribution is 2.46. The molecule has 0 saturated carbocycles. The van der Waals surface area contributed by atoms with Crippen molar-refractivity contribution in [1.29, 1.82) is 0 Å². The molecule has 1 atom stereocenters. The highest BCUT2D eigenvalue weighted by molar-refractivity contribution is 6.00. The molecule has 1 aromatic heterocycles. The van der Waals surface area contributed by atoms with Gasteiger partial charge in [0.1, 0.15) is 28.1 Å². The lowest BCUT2D eigenvalue weighted by Crippen LogP contribution is -2.29. The van der Waals surface area contributed by atoms with Crippen LogP contribution in [0.25, 0.3) is 28.0 Å². The second-order valence-corrected chi connectivity index (χ2v) is 8.12. The molecule has 7 heteroatoms. The van der Waals surface area contributed by atoms with Gasteiger partial charge >= 0.3 is 0 Å². The lowest BCUT2D eigenvalue weighted by atomic mass is 9.92. The summed E-state index contributed by atoms with van der Waals surface area (Å²) in [6, 6.07) is 2.49. The number of fused-ring (bicyclic) bond motifs is 3. The molecule has 2 aromatic carbocycles. The summed E-state index contributed by atoms with van der Waals surface area (Å²) in [5, 5.41) is 41.4. The number of rotatable bonds is 3. The van der Waals surface area contributed by atoms with Crippen LogP contribution in [0, 0.1) is 0 Å². The van der Waals surface area contributed by atoms with E-state index in [1.165, 1.54) is 12.1 Å². The van der Waals surface area contributed by atoms with Crippen molar-refractivity contribution in [3.8, 4) is 23.0 Å². The number of hydrogen-bond acceptors (Lipinski definition) is 7. The van der Waals surface area contributed by atoms with Crippen LogP contribution in [-0.4, -0.2) is 32.1 Å². The summed E-state index contributed by atoms with van der Waals surface area (Å²) < 4.78 is 11.9. The number of phenolic OH excluding ortho intramolecular Hbond substituents is 3. The summed E-state index contributed by atoms with van der Waals surface area (Å²) in [5.74, 6) is -1.08. The Morgan fingerprint density at radius 2 is 1.87 bits per heavy atom. The van der Waals surface area contributed by atoms with E-state index in [9.17, 15) is 25.2 Å². The molecule has 30 heavy (non-hydrogen) atoms. The first-order valence-electron chi connectivity index (χ1n) is 9.43. The second-order valence-electron chi connectivity index (χ2n) is 8.12. The summed E-state index contributed by atoms with van der Waals surface area (Å²) >= 11 is 0. The van der Waals surface area contributed by atoms with Crippen molar-refractivity contribution >= 4 is 28.0 Å². The van der Waals surface area contributed by atoms with Gasteiger partial charge in [0.15, 0.2) is 11.3 Å². The summed E-state index contributed by atoms with van der Waals surface area (Å²) in [4.78, 5) is 13.2. The topological polar surface area (TPSA) is 120 Å². The van der Waals surface area contributed by atoms with Gasteiger partial charge in [0.05, 0.1) is 17.1 Å². The molecule has 156 valence electrons. The highest BCUT2D eigenvalue weighted by Gasteiger charge is 2.32. The van der Waals surface area contributed by atoms with Gasteiger partial charge in [-0.25, -0.2) is 0 Å². The Labute approximate surface area is 171 Å². The van der Waals surface area contributed by atoms with Crippen molar-refractivity contribution in [1.82, 2.24) is 0 Å². The third kappa shape index (κ3) is 2.90. The molecule has 1 aliphatic rings. The smallest absolute Gasteiger partial charge is 0.204 e. The Bertz CT molecular complexity index is 1310. The Balaban J connectivity index is 2.20. The zero-order valence-electron chi connectivity index (χ0n) is 16.8. The Morgan fingerprint density at radius 3 is 2.53 bits per heavy atom. The fraction of sp³-hybridized carbons (Fsp3) is 0.261. The Morgan fingerprint density at radius 1 is 1.17 bits per heavy atom. The highest BCUT2D eigenvalue weighted by atomic mass is 16.5. The first-order chi connectivity index (χ1) is 14.0. The average molecular weight is 410 g/mol. The van der Waals surface area contributed by atoms with Gasteiger partial charge in [-0.15, -0.1) is 0 Å². The largest absolute Gasteiger partial charge is 0.506 e. The minimum Gasteiger partial charge on any atom is -0.506 e. The molecular weight excluding hydrogens is 388 g/mol. The SMILES string of the molecule is C=C(C)C(O)Cc1c2c(c(O)c3c(=O)c4ccc(O)c(O)c4oc13)C=CC(C)(C)O2. The normalized spacial score (nSPS) is 15.7. The van der Waals surface area contributed by atoms with Crippen molar-refractivity contribution in [2.45, 2.75) is 38.9 Å². The molecule has 4 rings (SSSR count). The minimum atomic E-state index is -0.960. The predicted molar refractivity (Wildman–Crippen MR) is 113 cm³/mol. The summed E-state index contributed by atoms with van der Waals surface area (Å²) in [6.07, 6.45) is 2.47. The van der Waals surface area contributed by atoms with E-state index >= 15 is 0 Å². The molecule has 0 spiro atoms. The summed E-state index contributed by atoms with van der Waals surface area (Å²) in [6.45, 7) is 9.08. The van der Waals surface area contributed by atoms with Gasteiger partial charge in [0, 0.05) is 12.0 Å². The predicted octanol–water partition coefficient (Wildman–Crippen LogP) is 3.73. The summed E-state index contributed by atoms with van der Waals surface area (Å²) in [7, 11) is 0. The van der Waals surface area contributed by atoms with Crippen LogP contribution in [0.15, 0.2) is 39.6 Å². The van der Waals surface area contributed by atoms with Crippen LogP contribution in [0.1, 0.15) is 31.9 Å². The van der Waals surface area contributed by atoms with Gasteiger partial charge in [0.2, 0.25) is 11.2 Å². The van der Waals surface area contributed by atoms with Crippen LogP contribution in [-0.2, 0) is 6.42 Å². The van der Waals surface area contributed by atoms with Gasteiger partial charge in [-0.3, -0.25) is 4.79 Å². The number of hydrogen-bond donors (Lipinski definition) is 4. The second kappa shape index (κ2) is 6.53. The standard InChI is InChI=1S/C23H22O7/c1-10(2)15(25)9-13-20-12(7-8-23(3,4)30-20)18(27)16-17(26)11-5-6-14(24)19(28)22(11)29-21(13)16/h5-8,15,24-25,27-28H,1,9H2,2-4H3. The maximum absolute atomic E-state index is 13.2. The maximum atomic E-state index is 13.2. The molecule has 0 aliphatic carbocycles. The van der Waals surface area contributed by atoms with Crippen LogP contribution in [0.2, 0.25) is 0 Å². The zero-order chi connectivity index (χ0) is 22.0. The van der Waals surface area contributed by atoms with Crippen LogP contribution in [0.3, 0.4) is 0 Å². The van der Waals surface area contributed by atoms with Gasteiger partial charge in [0.25, 0.3) is 0 Å². The molecule has 1 aliphatic heterocycles. The molecule has 0 radical (unpaired) electrons. The van der Waals surface area contributed by atoms with E-state index < -0.39 is 28.6 Å². The Hall–Kier alpha value is -3.45. The van der Waals surface area contributed by atoms with Gasteiger partial charge in [-0.05, 0) is 45.1 Å². The minimum absolute atomic E-state index is 0.000451. The molecule has 7 nitrogen and oxygen atoms in total. The van der Waals surface area contributed by atoms with Crippen LogP contribution >= 0.6 is 0 Å². The molecule has 0 fully saturated rings. The molecule has 4 N–H and O–H groups in total. The molecule has 1 unspecified atom stereocenters. The molecule has 0 saturated heterocycles. The monoisotopic (exact) mass is 410 g/mol. The van der Waals surface area contributed by atoms with E-state index in [0.717, 1.165) is 0 Å². The third-order valence-corrected chi connectivity index (χ3v) is 5.28. The van der Waals surface area contributed by atoms with Crippen molar-refractivity contribution in [2.75, 3.05) is 0 Å². The lowest BCUT2D eigenvalue weighted by Gasteiger charge is -2.31. The van der Waals surface area contributed by atoms with Gasteiger partial charge < -0.3 is 29.6 Å². The average Bonchev–Trinajstić information content (AvgIpc) is 2.67. The fourth-order valence-corrected chi connectivity index (χ4v) is 3.57. The molecule has 3 aromatic rings. The molecule has 0 bridgehead atoms. The van der Waals surface area contributed by atoms with E-state index in [-0.39, 0.29) is 39.9 Å². The number of aliphatic hydroxyl groups is 1. The van der Waals surface area contributed by atoms with Crippen molar-refractivity contribution < 1.29 is 29.6 Å². The Kier molecular flexibility index (Phi) is 4.32. The number of phenols is 3. The number of aliphatic hydroxyl groups excluding tert-OH is 1. The first-order valence-corrected chi connectivity index (χ1v) is 9.43. The maximum Gasteiger partial charge on any atom is 0.204 e. The van der Waals surface area contributed by atoms with E-state index in [1.54, 1.807) is 19.1 Å². The molecular formula is C23H22O7. The number of ether oxygens (including phenoxy) is 1. The lowest BCUT2D eigenvalue weighted by molar-refractivity contribution is 0.153. The van der Waals surface area contributed by atoms with Crippen molar-refractivity contribution in [3.05, 3.63) is 51.7 Å². The molecule has 2 heterocycles. The first kappa shape index (κ1) is 19.8. The van der Waals surface area contributed by atoms with Gasteiger partial charge in [-0.2, -0.15) is 0 Å². The zero-order valence-corrected chi connectivity index (χ0v) is 16.8. The van der Waals surface area contributed by atoms with E-state index in [2.05, 4.69) is 6.58 Å². The number of benzene rings is 2. The van der Waals surface area contributed by atoms with Gasteiger partial charge in [-0.1, -0.05) is 12.2 Å². The quantitative estimate of drug-likeness (QED) is 0.295. The summed E-state index contributed by atoms with van der Waals surface area (Å²) in [5.41, 5.74) is -0.370. The van der Waals surface area contributed by atoms with Crippen LogP contribution < -0.4 is 10.2 Å². The van der Waals surface area contributed by atoms with Crippen LogP contribution in [0.5, 0.6) is 23.0 Å². The fourth-order valence-electron chi connectivity index (χ4n) is 3.57. The van der Waals surface area contributed by atoms with E-state index in [0.29, 0.717) is 16.7 Å². The van der Waals surface area contributed by atoms with Crippen molar-refractivity contribution in [3.63, 3.8) is 0 Å². The number of aromatic hydroxyl groups is 3. The molecule has 0 amide bonds. The van der Waals surface area contributed by atoms with Crippen LogP contribution in [0.4, 0.5) is 0 Å².